The van der Waals surface area contributed by atoms with Crippen molar-refractivity contribution < 1.29 is 9.84 Å². The average molecular weight is 249 g/mol. The Morgan fingerprint density at radius 2 is 1.83 bits per heavy atom. The SMILES string of the molecule is COc1ccc(N(C)CC2(CO)CCCC2)cc1. The lowest BCUT2D eigenvalue weighted by Crippen LogP contribution is -2.36. The molecule has 18 heavy (non-hydrogen) atoms. The van der Waals surface area contributed by atoms with E-state index in [1.165, 1.54) is 18.5 Å². The second-order valence-corrected chi connectivity index (χ2v) is 5.42. The Labute approximate surface area is 109 Å². The molecule has 0 aromatic heterocycles. The number of methoxy groups -OCH3 is 1. The summed E-state index contributed by atoms with van der Waals surface area (Å²) in [6, 6.07) is 8.09. The van der Waals surface area contributed by atoms with Gasteiger partial charge in [-0.1, -0.05) is 12.8 Å². The highest BCUT2D eigenvalue weighted by molar-refractivity contribution is 5.48. The van der Waals surface area contributed by atoms with Crippen LogP contribution >= 0.6 is 0 Å². The van der Waals surface area contributed by atoms with E-state index < -0.39 is 0 Å². The first-order valence-corrected chi connectivity index (χ1v) is 6.65. The summed E-state index contributed by atoms with van der Waals surface area (Å²) in [6.45, 7) is 1.23. The summed E-state index contributed by atoms with van der Waals surface area (Å²) in [5.74, 6) is 0.880. The molecule has 1 aliphatic rings. The maximum absolute atomic E-state index is 9.65. The van der Waals surface area contributed by atoms with Gasteiger partial charge in [0.25, 0.3) is 0 Å². The summed E-state index contributed by atoms with van der Waals surface area (Å²) >= 11 is 0. The molecule has 3 heteroatoms. The second kappa shape index (κ2) is 5.61. The molecule has 0 spiro atoms. The van der Waals surface area contributed by atoms with Crippen LogP contribution in [0, 0.1) is 5.41 Å². The Kier molecular flexibility index (Phi) is 4.12. The van der Waals surface area contributed by atoms with Crippen LogP contribution in [-0.4, -0.2) is 32.4 Å². The fourth-order valence-electron chi connectivity index (χ4n) is 2.92. The van der Waals surface area contributed by atoms with Crippen LogP contribution in [0.3, 0.4) is 0 Å². The van der Waals surface area contributed by atoms with Crippen molar-refractivity contribution in [3.63, 3.8) is 0 Å². The molecule has 0 bridgehead atoms. The lowest BCUT2D eigenvalue weighted by atomic mass is 9.86. The van der Waals surface area contributed by atoms with Gasteiger partial charge in [0.05, 0.1) is 13.7 Å². The van der Waals surface area contributed by atoms with Crippen molar-refractivity contribution >= 4 is 5.69 Å². The third kappa shape index (κ3) is 2.78. The highest BCUT2D eigenvalue weighted by Gasteiger charge is 2.34. The first-order chi connectivity index (χ1) is 8.69. The van der Waals surface area contributed by atoms with Gasteiger partial charge < -0.3 is 14.7 Å². The van der Waals surface area contributed by atoms with Crippen molar-refractivity contribution in [3.05, 3.63) is 24.3 Å². The van der Waals surface area contributed by atoms with Crippen molar-refractivity contribution in [2.24, 2.45) is 5.41 Å². The zero-order valence-corrected chi connectivity index (χ0v) is 11.4. The average Bonchev–Trinajstić information content (AvgIpc) is 2.88. The molecule has 0 amide bonds. The summed E-state index contributed by atoms with van der Waals surface area (Å²) < 4.78 is 5.16. The molecule has 100 valence electrons. The molecule has 1 aliphatic carbocycles. The molecule has 0 radical (unpaired) electrons. The van der Waals surface area contributed by atoms with E-state index in [1.807, 2.05) is 12.1 Å². The van der Waals surface area contributed by atoms with E-state index in [2.05, 4.69) is 24.1 Å². The normalized spacial score (nSPS) is 17.7. The van der Waals surface area contributed by atoms with Gasteiger partial charge in [0, 0.05) is 24.7 Å². The fourth-order valence-corrected chi connectivity index (χ4v) is 2.92. The number of benzene rings is 1. The Balaban J connectivity index is 2.03. The fraction of sp³-hybridized carbons (Fsp3) is 0.600. The second-order valence-electron chi connectivity index (χ2n) is 5.42. The maximum Gasteiger partial charge on any atom is 0.119 e. The number of hydrogen-bond acceptors (Lipinski definition) is 3. The summed E-state index contributed by atoms with van der Waals surface area (Å²) in [4.78, 5) is 2.24. The Bertz CT molecular complexity index is 369. The lowest BCUT2D eigenvalue weighted by molar-refractivity contribution is 0.137. The van der Waals surface area contributed by atoms with Crippen molar-refractivity contribution in [3.8, 4) is 5.75 Å². The van der Waals surface area contributed by atoms with Crippen LogP contribution in [0.2, 0.25) is 0 Å². The van der Waals surface area contributed by atoms with E-state index in [0.717, 1.165) is 25.1 Å². The van der Waals surface area contributed by atoms with Gasteiger partial charge in [0.1, 0.15) is 5.75 Å². The first-order valence-electron chi connectivity index (χ1n) is 6.65. The molecular formula is C15H23NO2. The number of ether oxygens (including phenoxy) is 1. The lowest BCUT2D eigenvalue weighted by Gasteiger charge is -2.33. The van der Waals surface area contributed by atoms with Crippen molar-refractivity contribution in [2.75, 3.05) is 32.2 Å². The predicted molar refractivity (Wildman–Crippen MR) is 74.3 cm³/mol. The van der Waals surface area contributed by atoms with Gasteiger partial charge in [0.2, 0.25) is 0 Å². The standard InChI is InChI=1S/C15H23NO2/c1-16(11-15(12-17)9-3-4-10-15)13-5-7-14(18-2)8-6-13/h5-8,17H,3-4,9-12H2,1-2H3. The van der Waals surface area contributed by atoms with Crippen LogP contribution in [0.15, 0.2) is 24.3 Å². The Morgan fingerprint density at radius 1 is 1.22 bits per heavy atom. The monoisotopic (exact) mass is 249 g/mol. The first kappa shape index (κ1) is 13.2. The molecule has 0 heterocycles. The minimum Gasteiger partial charge on any atom is -0.497 e. The van der Waals surface area contributed by atoms with Crippen LogP contribution in [0.1, 0.15) is 25.7 Å². The third-order valence-electron chi connectivity index (χ3n) is 4.09. The smallest absolute Gasteiger partial charge is 0.119 e. The van der Waals surface area contributed by atoms with Gasteiger partial charge in [0.15, 0.2) is 0 Å². The van der Waals surface area contributed by atoms with Crippen molar-refractivity contribution in [2.45, 2.75) is 25.7 Å². The van der Waals surface area contributed by atoms with E-state index in [-0.39, 0.29) is 5.41 Å². The maximum atomic E-state index is 9.65. The van der Waals surface area contributed by atoms with Crippen LogP contribution in [0.5, 0.6) is 5.75 Å². The molecule has 1 aromatic rings. The topological polar surface area (TPSA) is 32.7 Å². The number of aliphatic hydroxyl groups excluding tert-OH is 1. The van der Waals surface area contributed by atoms with Crippen LogP contribution in [-0.2, 0) is 0 Å². The molecular weight excluding hydrogens is 226 g/mol. The molecule has 0 atom stereocenters. The molecule has 2 rings (SSSR count). The minimum atomic E-state index is 0.106. The highest BCUT2D eigenvalue weighted by atomic mass is 16.5. The van der Waals surface area contributed by atoms with Crippen LogP contribution in [0.25, 0.3) is 0 Å². The van der Waals surface area contributed by atoms with Gasteiger partial charge in [-0.25, -0.2) is 0 Å². The number of rotatable bonds is 5. The van der Waals surface area contributed by atoms with Gasteiger partial charge in [-0.15, -0.1) is 0 Å². The van der Waals surface area contributed by atoms with E-state index in [0.29, 0.717) is 6.61 Å². The molecule has 0 saturated heterocycles. The number of aliphatic hydroxyl groups is 1. The van der Waals surface area contributed by atoms with Gasteiger partial charge in [-0.05, 0) is 37.1 Å². The quantitative estimate of drug-likeness (QED) is 0.871. The third-order valence-corrected chi connectivity index (χ3v) is 4.09. The molecule has 0 unspecified atom stereocenters. The molecule has 0 aliphatic heterocycles. The van der Waals surface area contributed by atoms with Crippen LogP contribution in [0.4, 0.5) is 5.69 Å². The molecule has 1 saturated carbocycles. The minimum absolute atomic E-state index is 0.106. The van der Waals surface area contributed by atoms with E-state index in [9.17, 15) is 5.11 Å². The molecule has 1 aromatic carbocycles. The van der Waals surface area contributed by atoms with Crippen molar-refractivity contribution in [1.29, 1.82) is 0 Å². The van der Waals surface area contributed by atoms with Gasteiger partial charge in [-0.2, -0.15) is 0 Å². The van der Waals surface area contributed by atoms with Crippen molar-refractivity contribution in [1.82, 2.24) is 0 Å². The molecule has 3 nitrogen and oxygen atoms in total. The highest BCUT2D eigenvalue weighted by Crippen LogP contribution is 2.38. The van der Waals surface area contributed by atoms with E-state index >= 15 is 0 Å². The summed E-state index contributed by atoms with van der Waals surface area (Å²) in [5.41, 5.74) is 1.28. The van der Waals surface area contributed by atoms with Gasteiger partial charge in [-0.3, -0.25) is 0 Å². The summed E-state index contributed by atoms with van der Waals surface area (Å²) in [6.07, 6.45) is 4.78. The Morgan fingerprint density at radius 3 is 2.33 bits per heavy atom. The predicted octanol–water partition coefficient (Wildman–Crippen LogP) is 2.68. The summed E-state index contributed by atoms with van der Waals surface area (Å²) in [7, 11) is 3.77. The molecule has 1 N–H and O–H groups in total. The number of nitrogens with zero attached hydrogens (tertiary/aromatic N) is 1. The zero-order valence-electron chi connectivity index (χ0n) is 11.4. The zero-order chi connectivity index (χ0) is 13.0. The largest absolute Gasteiger partial charge is 0.497 e. The summed E-state index contributed by atoms with van der Waals surface area (Å²) in [5, 5.41) is 9.65. The number of hydrogen-bond donors (Lipinski definition) is 1. The number of anilines is 1. The van der Waals surface area contributed by atoms with Gasteiger partial charge >= 0.3 is 0 Å². The van der Waals surface area contributed by atoms with E-state index in [1.54, 1.807) is 7.11 Å². The van der Waals surface area contributed by atoms with Crippen LogP contribution < -0.4 is 9.64 Å². The van der Waals surface area contributed by atoms with E-state index in [4.69, 9.17) is 4.74 Å². The Hall–Kier alpha value is -1.22. The molecule has 1 fully saturated rings.